The Morgan fingerprint density at radius 2 is 2.00 bits per heavy atom. The van der Waals surface area contributed by atoms with Gasteiger partial charge in [0, 0.05) is 17.0 Å². The lowest BCUT2D eigenvalue weighted by Gasteiger charge is -2.05. The number of esters is 1. The molecule has 0 amide bonds. The molecule has 2 aromatic carbocycles. The van der Waals surface area contributed by atoms with E-state index in [2.05, 4.69) is 26.0 Å². The molecule has 0 aliphatic heterocycles. The maximum atomic E-state index is 12.8. The first kappa shape index (κ1) is 19.3. The van der Waals surface area contributed by atoms with Crippen molar-refractivity contribution in [2.24, 2.45) is 0 Å². The van der Waals surface area contributed by atoms with Gasteiger partial charge < -0.3 is 9.47 Å². The van der Waals surface area contributed by atoms with Gasteiger partial charge in [0.2, 0.25) is 4.96 Å². The summed E-state index contributed by atoms with van der Waals surface area (Å²) in [6.07, 6.45) is 1.75. The van der Waals surface area contributed by atoms with Crippen molar-refractivity contribution < 1.29 is 14.3 Å². The molecule has 0 fully saturated rings. The van der Waals surface area contributed by atoms with Crippen LogP contribution in [-0.2, 0) is 4.79 Å². The van der Waals surface area contributed by atoms with Crippen LogP contribution < -0.4 is 19.6 Å². The van der Waals surface area contributed by atoms with E-state index in [9.17, 15) is 9.59 Å². The number of aromatic nitrogens is 3. The molecule has 2 aromatic heterocycles. The minimum atomic E-state index is -0.442. The van der Waals surface area contributed by atoms with Gasteiger partial charge in [-0.05, 0) is 36.4 Å². The van der Waals surface area contributed by atoms with E-state index >= 15 is 0 Å². The summed E-state index contributed by atoms with van der Waals surface area (Å²) in [5, 5.41) is 4.32. The molecule has 0 spiro atoms. The van der Waals surface area contributed by atoms with Crippen molar-refractivity contribution >= 4 is 44.3 Å². The summed E-state index contributed by atoms with van der Waals surface area (Å²) in [5.41, 5.74) is 1.02. The predicted octanol–water partition coefficient (Wildman–Crippen LogP) is 3.06. The van der Waals surface area contributed by atoms with E-state index in [1.807, 2.05) is 18.2 Å². The van der Waals surface area contributed by atoms with E-state index in [0.29, 0.717) is 32.4 Å². The fourth-order valence-electron chi connectivity index (χ4n) is 2.80. The second-order valence-corrected chi connectivity index (χ2v) is 7.95. The fraction of sp³-hybridized carbons (Fsp3) is 0.100. The molecule has 0 bridgehead atoms. The Bertz CT molecular complexity index is 1350. The molecule has 0 aliphatic rings. The maximum Gasteiger partial charge on any atom is 0.308 e. The highest BCUT2D eigenvalue weighted by atomic mass is 79.9. The van der Waals surface area contributed by atoms with E-state index in [1.165, 1.54) is 22.8 Å². The Labute approximate surface area is 177 Å². The van der Waals surface area contributed by atoms with E-state index in [-0.39, 0.29) is 5.56 Å². The van der Waals surface area contributed by atoms with Crippen LogP contribution in [0.25, 0.3) is 22.4 Å². The molecule has 9 heteroatoms. The summed E-state index contributed by atoms with van der Waals surface area (Å²) in [7, 11) is 1.58. The SMILES string of the molecule is COc1ccc(Br)cc1C=c1sc2nc(-c3ccccc3OC(C)=O)nn2c1=O. The van der Waals surface area contributed by atoms with E-state index in [0.717, 1.165) is 10.0 Å². The molecule has 0 saturated carbocycles. The maximum absolute atomic E-state index is 12.8. The molecule has 0 saturated heterocycles. The average molecular weight is 472 g/mol. The van der Waals surface area contributed by atoms with Crippen molar-refractivity contribution in [1.29, 1.82) is 0 Å². The van der Waals surface area contributed by atoms with Gasteiger partial charge in [0.1, 0.15) is 11.5 Å². The van der Waals surface area contributed by atoms with Crippen molar-refractivity contribution in [3.63, 3.8) is 0 Å². The second-order valence-electron chi connectivity index (χ2n) is 6.02. The first-order valence-electron chi connectivity index (χ1n) is 8.49. The molecule has 0 atom stereocenters. The molecule has 2 heterocycles. The van der Waals surface area contributed by atoms with E-state index in [1.54, 1.807) is 37.5 Å². The Hall–Kier alpha value is -3.04. The van der Waals surface area contributed by atoms with Crippen molar-refractivity contribution in [2.45, 2.75) is 6.92 Å². The van der Waals surface area contributed by atoms with Gasteiger partial charge in [0.05, 0.1) is 17.2 Å². The lowest BCUT2D eigenvalue weighted by molar-refractivity contribution is -0.131. The average Bonchev–Trinajstić information content (AvgIpc) is 3.22. The van der Waals surface area contributed by atoms with Crippen LogP contribution in [0.2, 0.25) is 0 Å². The van der Waals surface area contributed by atoms with Crippen LogP contribution in [0.15, 0.2) is 51.7 Å². The Kier molecular flexibility index (Phi) is 5.16. The van der Waals surface area contributed by atoms with E-state index in [4.69, 9.17) is 9.47 Å². The van der Waals surface area contributed by atoms with Crippen LogP contribution in [0.4, 0.5) is 0 Å². The Morgan fingerprint density at radius 1 is 1.21 bits per heavy atom. The van der Waals surface area contributed by atoms with Crippen LogP contribution in [-0.4, -0.2) is 27.7 Å². The summed E-state index contributed by atoms with van der Waals surface area (Å²) >= 11 is 4.65. The monoisotopic (exact) mass is 471 g/mol. The largest absolute Gasteiger partial charge is 0.496 e. The van der Waals surface area contributed by atoms with Gasteiger partial charge in [0.25, 0.3) is 5.56 Å². The number of rotatable bonds is 4. The van der Waals surface area contributed by atoms with Gasteiger partial charge in [-0.25, -0.2) is 0 Å². The van der Waals surface area contributed by atoms with Gasteiger partial charge >= 0.3 is 5.97 Å². The molecule has 29 heavy (non-hydrogen) atoms. The Morgan fingerprint density at radius 3 is 2.72 bits per heavy atom. The lowest BCUT2D eigenvalue weighted by Crippen LogP contribution is -2.23. The van der Waals surface area contributed by atoms with Gasteiger partial charge in [-0.1, -0.05) is 39.4 Å². The molecule has 0 unspecified atom stereocenters. The Balaban J connectivity index is 1.82. The van der Waals surface area contributed by atoms with Gasteiger partial charge in [-0.3, -0.25) is 9.59 Å². The lowest BCUT2D eigenvalue weighted by atomic mass is 10.2. The topological polar surface area (TPSA) is 82.8 Å². The number of halogens is 1. The number of hydrogen-bond donors (Lipinski definition) is 0. The summed E-state index contributed by atoms with van der Waals surface area (Å²) in [6, 6.07) is 12.5. The molecular weight excluding hydrogens is 458 g/mol. The standard InChI is InChI=1S/C20H14BrN3O4S/c1-11(25)28-16-6-4-3-5-14(16)18-22-20-24(23-18)19(26)17(29-20)10-12-9-13(21)7-8-15(12)27-2/h3-10H,1-2H3. The molecule has 146 valence electrons. The molecule has 4 rings (SSSR count). The third-order valence-electron chi connectivity index (χ3n) is 4.04. The molecule has 4 aromatic rings. The number of ether oxygens (including phenoxy) is 2. The number of benzene rings is 2. The van der Waals surface area contributed by atoms with Crippen LogP contribution in [0, 0.1) is 0 Å². The zero-order valence-electron chi connectivity index (χ0n) is 15.4. The first-order valence-corrected chi connectivity index (χ1v) is 10.1. The number of carbonyl (C=O) groups excluding carboxylic acids is 1. The normalized spacial score (nSPS) is 11.8. The van der Waals surface area contributed by atoms with Crippen molar-refractivity contribution in [1.82, 2.24) is 14.6 Å². The van der Waals surface area contributed by atoms with Crippen LogP contribution in [0.1, 0.15) is 12.5 Å². The fourth-order valence-corrected chi connectivity index (χ4v) is 4.08. The molecule has 7 nitrogen and oxygen atoms in total. The third-order valence-corrected chi connectivity index (χ3v) is 5.49. The molecule has 0 radical (unpaired) electrons. The molecule has 0 aliphatic carbocycles. The molecule has 0 N–H and O–H groups in total. The van der Waals surface area contributed by atoms with Crippen molar-refractivity contribution in [3.8, 4) is 22.9 Å². The number of nitrogens with zero attached hydrogens (tertiary/aromatic N) is 3. The summed E-state index contributed by atoms with van der Waals surface area (Å²) in [6.45, 7) is 1.32. The smallest absolute Gasteiger partial charge is 0.308 e. The second kappa shape index (κ2) is 7.76. The highest BCUT2D eigenvalue weighted by Crippen LogP contribution is 2.28. The zero-order chi connectivity index (χ0) is 20.5. The summed E-state index contributed by atoms with van der Waals surface area (Å²) in [4.78, 5) is 29.1. The third kappa shape index (κ3) is 3.79. The van der Waals surface area contributed by atoms with Crippen molar-refractivity contribution in [2.75, 3.05) is 7.11 Å². The zero-order valence-corrected chi connectivity index (χ0v) is 17.8. The van der Waals surface area contributed by atoms with Crippen LogP contribution in [0.5, 0.6) is 11.5 Å². The number of para-hydroxylation sites is 1. The van der Waals surface area contributed by atoms with Crippen LogP contribution >= 0.6 is 27.3 Å². The van der Waals surface area contributed by atoms with Gasteiger partial charge in [-0.2, -0.15) is 9.50 Å². The van der Waals surface area contributed by atoms with E-state index < -0.39 is 5.97 Å². The molecular formula is C20H14BrN3O4S. The highest BCUT2D eigenvalue weighted by Gasteiger charge is 2.16. The first-order chi connectivity index (χ1) is 14.0. The quantitative estimate of drug-likeness (QED) is 0.336. The minimum Gasteiger partial charge on any atom is -0.496 e. The number of hydrogen-bond acceptors (Lipinski definition) is 7. The number of thiazole rings is 1. The summed E-state index contributed by atoms with van der Waals surface area (Å²) in [5.74, 6) is 0.874. The van der Waals surface area contributed by atoms with Gasteiger partial charge in [0.15, 0.2) is 5.82 Å². The van der Waals surface area contributed by atoms with Crippen LogP contribution in [0.3, 0.4) is 0 Å². The number of fused-ring (bicyclic) bond motifs is 1. The number of methoxy groups -OCH3 is 1. The highest BCUT2D eigenvalue weighted by molar-refractivity contribution is 9.10. The van der Waals surface area contributed by atoms with Gasteiger partial charge in [-0.15, -0.1) is 5.10 Å². The predicted molar refractivity (Wildman–Crippen MR) is 113 cm³/mol. The number of carbonyl (C=O) groups is 1. The summed E-state index contributed by atoms with van der Waals surface area (Å²) < 4.78 is 13.2. The van der Waals surface area contributed by atoms with Crippen molar-refractivity contribution in [3.05, 3.63) is 67.4 Å². The minimum absolute atomic E-state index is 0.282.